The van der Waals surface area contributed by atoms with Crippen LogP contribution in [0.2, 0.25) is 10.0 Å². The maximum atomic E-state index is 13.5. The van der Waals surface area contributed by atoms with E-state index in [4.69, 9.17) is 32.7 Å². The minimum Gasteiger partial charge on any atom is -0.490 e. The van der Waals surface area contributed by atoms with Crippen molar-refractivity contribution in [2.75, 3.05) is 11.9 Å². The van der Waals surface area contributed by atoms with Crippen LogP contribution in [0.4, 0.5) is 5.95 Å². The number of benzene rings is 3. The quantitative estimate of drug-likeness (QED) is 0.253. The lowest BCUT2D eigenvalue weighted by atomic mass is 9.94. The number of rotatable bonds is 9. The topological polar surface area (TPSA) is 90.3 Å². The Hall–Kier alpha value is -4.01. The Morgan fingerprint density at radius 2 is 1.79 bits per heavy atom. The van der Waals surface area contributed by atoms with Gasteiger partial charge in [-0.3, -0.25) is 4.79 Å². The molecule has 1 aliphatic heterocycles. The van der Waals surface area contributed by atoms with E-state index < -0.39 is 6.04 Å². The molecule has 5 rings (SSSR count). The van der Waals surface area contributed by atoms with E-state index >= 15 is 0 Å². The van der Waals surface area contributed by atoms with Gasteiger partial charge < -0.3 is 20.1 Å². The van der Waals surface area contributed by atoms with Crippen LogP contribution in [-0.4, -0.2) is 27.3 Å². The number of carbonyl (C=O) groups excluding carboxylic acids is 1. The highest BCUT2D eigenvalue weighted by atomic mass is 35.5. The molecule has 2 heterocycles. The Labute approximate surface area is 236 Å². The van der Waals surface area contributed by atoms with Crippen molar-refractivity contribution in [3.05, 3.63) is 111 Å². The van der Waals surface area contributed by atoms with E-state index in [1.165, 1.54) is 6.33 Å². The second-order valence-electron chi connectivity index (χ2n) is 8.89. The van der Waals surface area contributed by atoms with Gasteiger partial charge in [-0.1, -0.05) is 65.7 Å². The summed E-state index contributed by atoms with van der Waals surface area (Å²) in [5.74, 6) is 1.39. The fraction of sp³-hybridized carbons (Fsp3) is 0.207. The Morgan fingerprint density at radius 3 is 2.54 bits per heavy atom. The third-order valence-corrected chi connectivity index (χ3v) is 7.06. The summed E-state index contributed by atoms with van der Waals surface area (Å²) in [5.41, 5.74) is 3.71. The first-order valence-corrected chi connectivity index (χ1v) is 13.2. The lowest BCUT2D eigenvalue weighted by Crippen LogP contribution is -2.34. The Kier molecular flexibility index (Phi) is 8.05. The number of ether oxygens (including phenoxy) is 2. The largest absolute Gasteiger partial charge is 0.490 e. The molecule has 2 N–H and O–H groups in total. The van der Waals surface area contributed by atoms with E-state index in [-0.39, 0.29) is 12.5 Å². The van der Waals surface area contributed by atoms with E-state index in [1.807, 2.05) is 62.4 Å². The second-order valence-corrected chi connectivity index (χ2v) is 9.71. The van der Waals surface area contributed by atoms with E-state index in [1.54, 1.807) is 22.9 Å². The fourth-order valence-corrected chi connectivity index (χ4v) is 4.98. The van der Waals surface area contributed by atoms with E-state index in [0.29, 0.717) is 57.5 Å². The lowest BCUT2D eigenvalue weighted by Gasteiger charge is -2.29. The van der Waals surface area contributed by atoms with Gasteiger partial charge in [-0.2, -0.15) is 10.1 Å². The minimum atomic E-state index is -0.536. The molecule has 1 aliphatic rings. The number of nitrogens with zero attached hydrogens (tertiary/aromatic N) is 3. The zero-order valence-corrected chi connectivity index (χ0v) is 23.0. The molecule has 10 heteroatoms. The van der Waals surface area contributed by atoms with Crippen molar-refractivity contribution in [3.8, 4) is 11.5 Å². The van der Waals surface area contributed by atoms with Crippen molar-refractivity contribution in [3.63, 3.8) is 0 Å². The molecule has 0 saturated carbocycles. The summed E-state index contributed by atoms with van der Waals surface area (Å²) >= 11 is 12.6. The Bertz CT molecular complexity index is 1500. The number of allylic oxidation sites excluding steroid dienone is 1. The Morgan fingerprint density at radius 1 is 1.03 bits per heavy atom. The lowest BCUT2D eigenvalue weighted by molar-refractivity contribution is -0.118. The molecule has 0 unspecified atom stereocenters. The number of fused-ring (bicyclic) bond motifs is 1. The SMILES string of the molecule is CCOc1cc([C@@H]2C(C(=O)NCc3ccccc3)=C(C)Nc3ncnn32)ccc1OCc1c(Cl)cccc1Cl. The third kappa shape index (κ3) is 5.72. The molecule has 0 aliphatic carbocycles. The van der Waals surface area contributed by atoms with Crippen LogP contribution >= 0.6 is 23.2 Å². The van der Waals surface area contributed by atoms with Gasteiger partial charge in [0.25, 0.3) is 5.91 Å². The van der Waals surface area contributed by atoms with Crippen molar-refractivity contribution in [1.82, 2.24) is 20.1 Å². The average molecular weight is 564 g/mol. The number of nitrogens with one attached hydrogen (secondary N) is 2. The normalized spacial score (nSPS) is 14.4. The molecule has 0 bridgehead atoms. The molecule has 0 spiro atoms. The Balaban J connectivity index is 1.46. The zero-order valence-electron chi connectivity index (χ0n) is 21.4. The first-order valence-electron chi connectivity index (χ1n) is 12.5. The van der Waals surface area contributed by atoms with Crippen molar-refractivity contribution in [1.29, 1.82) is 0 Å². The van der Waals surface area contributed by atoms with Crippen LogP contribution in [0, 0.1) is 0 Å². The molecule has 0 saturated heterocycles. The number of carbonyl (C=O) groups is 1. The zero-order chi connectivity index (χ0) is 27.4. The standard InChI is InChI=1S/C29H27Cl2N5O3/c1-3-38-25-14-20(12-13-24(25)39-16-21-22(30)10-7-11-23(21)31)27-26(18(2)35-29-33-17-34-36(27)29)28(37)32-15-19-8-5-4-6-9-19/h4-14,17,27H,3,15-16H2,1-2H3,(H,32,37)(H,33,34,35)/t27-/m1/s1. The molecule has 200 valence electrons. The highest BCUT2D eigenvalue weighted by molar-refractivity contribution is 6.35. The molecule has 0 radical (unpaired) electrons. The molecule has 8 nitrogen and oxygen atoms in total. The molecule has 1 aromatic heterocycles. The predicted octanol–water partition coefficient (Wildman–Crippen LogP) is 6.17. The van der Waals surface area contributed by atoms with E-state index in [9.17, 15) is 4.79 Å². The second kappa shape index (κ2) is 11.8. The summed E-state index contributed by atoms with van der Waals surface area (Å²) in [7, 11) is 0. The third-order valence-electron chi connectivity index (χ3n) is 6.35. The van der Waals surface area contributed by atoms with E-state index in [0.717, 1.165) is 11.1 Å². The van der Waals surface area contributed by atoms with Crippen molar-refractivity contribution in [2.24, 2.45) is 0 Å². The summed E-state index contributed by atoms with van der Waals surface area (Å²) in [6, 6.07) is 20.1. The molecule has 4 aromatic rings. The summed E-state index contributed by atoms with van der Waals surface area (Å²) in [6.07, 6.45) is 1.46. The molecule has 1 atom stereocenters. The minimum absolute atomic E-state index is 0.171. The first-order chi connectivity index (χ1) is 19.0. The van der Waals surface area contributed by atoms with Crippen LogP contribution in [-0.2, 0) is 17.9 Å². The van der Waals surface area contributed by atoms with Gasteiger partial charge in [-0.05, 0) is 49.2 Å². The van der Waals surface area contributed by atoms with Crippen LogP contribution in [0.25, 0.3) is 0 Å². The monoisotopic (exact) mass is 563 g/mol. The van der Waals surface area contributed by atoms with Crippen LogP contribution < -0.4 is 20.1 Å². The molecular weight excluding hydrogens is 537 g/mol. The summed E-state index contributed by atoms with van der Waals surface area (Å²) in [6.45, 7) is 4.75. The maximum Gasteiger partial charge on any atom is 0.251 e. The summed E-state index contributed by atoms with van der Waals surface area (Å²) in [4.78, 5) is 17.9. The van der Waals surface area contributed by atoms with Gasteiger partial charge in [0.15, 0.2) is 11.5 Å². The number of hydrogen-bond acceptors (Lipinski definition) is 6. The van der Waals surface area contributed by atoms with Gasteiger partial charge in [0.2, 0.25) is 5.95 Å². The molecule has 39 heavy (non-hydrogen) atoms. The predicted molar refractivity (Wildman–Crippen MR) is 151 cm³/mol. The highest BCUT2D eigenvalue weighted by Crippen LogP contribution is 2.39. The summed E-state index contributed by atoms with van der Waals surface area (Å²) in [5, 5.41) is 11.7. The number of aromatic nitrogens is 3. The van der Waals surface area contributed by atoms with Crippen LogP contribution in [0.15, 0.2) is 84.3 Å². The number of hydrogen-bond donors (Lipinski definition) is 2. The maximum absolute atomic E-state index is 13.5. The van der Waals surface area contributed by atoms with Gasteiger partial charge in [-0.25, -0.2) is 4.68 Å². The molecule has 1 amide bonds. The first kappa shape index (κ1) is 26.6. The number of amides is 1. The van der Waals surface area contributed by atoms with E-state index in [2.05, 4.69) is 20.7 Å². The van der Waals surface area contributed by atoms with Crippen molar-refractivity contribution >= 4 is 35.1 Å². The number of anilines is 1. The van der Waals surface area contributed by atoms with Gasteiger partial charge in [0.1, 0.15) is 19.0 Å². The van der Waals surface area contributed by atoms with Crippen LogP contribution in [0.3, 0.4) is 0 Å². The van der Waals surface area contributed by atoms with Crippen LogP contribution in [0.1, 0.15) is 36.6 Å². The highest BCUT2D eigenvalue weighted by Gasteiger charge is 2.34. The van der Waals surface area contributed by atoms with Crippen molar-refractivity contribution in [2.45, 2.75) is 33.0 Å². The van der Waals surface area contributed by atoms with Gasteiger partial charge >= 0.3 is 0 Å². The van der Waals surface area contributed by atoms with Gasteiger partial charge in [0, 0.05) is 27.9 Å². The smallest absolute Gasteiger partial charge is 0.251 e. The van der Waals surface area contributed by atoms with Crippen molar-refractivity contribution < 1.29 is 14.3 Å². The van der Waals surface area contributed by atoms with Gasteiger partial charge in [0.05, 0.1) is 12.2 Å². The summed E-state index contributed by atoms with van der Waals surface area (Å²) < 4.78 is 13.7. The molecular formula is C29H27Cl2N5O3. The fourth-order valence-electron chi connectivity index (χ4n) is 4.47. The molecule has 0 fully saturated rings. The molecule has 3 aromatic carbocycles. The van der Waals surface area contributed by atoms with Crippen LogP contribution in [0.5, 0.6) is 11.5 Å². The van der Waals surface area contributed by atoms with Gasteiger partial charge in [-0.15, -0.1) is 0 Å². The average Bonchev–Trinajstić information content (AvgIpc) is 3.40. The number of halogens is 2.